The third-order valence-electron chi connectivity index (χ3n) is 0.674. The number of rotatable bonds is 0. The maximum absolute atomic E-state index is 5.49. The number of halogens is 2. The van der Waals surface area contributed by atoms with Gasteiger partial charge in [-0.2, -0.15) is 0 Å². The van der Waals surface area contributed by atoms with Crippen molar-refractivity contribution in [3.8, 4) is 0 Å². The highest BCUT2D eigenvalue weighted by Gasteiger charge is 1.85. The van der Waals surface area contributed by atoms with E-state index in [1.165, 1.54) is 0 Å². The standard InChI is InChI=1S/C6H2Cl2/c7-5-1-2-6(8)4-3-5/h1,3H. The van der Waals surface area contributed by atoms with E-state index in [4.69, 9.17) is 23.2 Å². The Bertz CT molecular complexity index is 145. The fourth-order valence-corrected chi connectivity index (χ4v) is 0.566. The molecule has 1 aromatic rings. The summed E-state index contributed by atoms with van der Waals surface area (Å²) in [5.41, 5.74) is 0. The SMILES string of the molecule is Clc1[c]cc(Cl)c[c]1. The Labute approximate surface area is 58.0 Å². The summed E-state index contributed by atoms with van der Waals surface area (Å²) in [7, 11) is 0. The molecular weight excluding hydrogens is 143 g/mol. The molecule has 0 aliphatic carbocycles. The third kappa shape index (κ3) is 1.39. The topological polar surface area (TPSA) is 0 Å². The summed E-state index contributed by atoms with van der Waals surface area (Å²) in [5, 5.41) is 1.07. The Kier molecular flexibility index (Phi) is 1.77. The lowest BCUT2D eigenvalue weighted by atomic mass is 10.4. The van der Waals surface area contributed by atoms with Crippen molar-refractivity contribution in [3.05, 3.63) is 34.3 Å². The fourth-order valence-electron chi connectivity index (χ4n) is 0.348. The van der Waals surface area contributed by atoms with Crippen LogP contribution < -0.4 is 0 Å². The van der Waals surface area contributed by atoms with Crippen molar-refractivity contribution in [1.82, 2.24) is 0 Å². The largest absolute Gasteiger partial charge is 0.0843 e. The summed E-state index contributed by atoms with van der Waals surface area (Å²) in [4.78, 5) is 0. The number of hydrogen-bond acceptors (Lipinski definition) is 0. The summed E-state index contributed by atoms with van der Waals surface area (Å²) >= 11 is 10.9. The summed E-state index contributed by atoms with van der Waals surface area (Å²) in [6.45, 7) is 0. The first-order chi connectivity index (χ1) is 3.79. The van der Waals surface area contributed by atoms with Gasteiger partial charge < -0.3 is 0 Å². The molecule has 0 bridgehead atoms. The van der Waals surface area contributed by atoms with E-state index in [-0.39, 0.29) is 0 Å². The van der Waals surface area contributed by atoms with E-state index in [1.54, 1.807) is 12.1 Å². The van der Waals surface area contributed by atoms with E-state index in [1.807, 2.05) is 0 Å². The van der Waals surface area contributed by atoms with Crippen LogP contribution in [0.2, 0.25) is 10.0 Å². The average molecular weight is 145 g/mol. The van der Waals surface area contributed by atoms with Crippen LogP contribution in [0, 0.1) is 12.1 Å². The van der Waals surface area contributed by atoms with Gasteiger partial charge in [-0.3, -0.25) is 0 Å². The van der Waals surface area contributed by atoms with Gasteiger partial charge in [-0.05, 0) is 12.1 Å². The van der Waals surface area contributed by atoms with Gasteiger partial charge >= 0.3 is 0 Å². The normalized spacial score (nSPS) is 9.25. The van der Waals surface area contributed by atoms with Crippen LogP contribution in [0.15, 0.2) is 12.1 Å². The second-order valence-electron chi connectivity index (χ2n) is 1.28. The van der Waals surface area contributed by atoms with Crippen LogP contribution in [0.25, 0.3) is 0 Å². The predicted molar refractivity (Wildman–Crippen MR) is 34.1 cm³/mol. The minimum Gasteiger partial charge on any atom is -0.0843 e. The van der Waals surface area contributed by atoms with Gasteiger partial charge in [0.05, 0.1) is 5.02 Å². The van der Waals surface area contributed by atoms with E-state index < -0.39 is 0 Å². The van der Waals surface area contributed by atoms with Gasteiger partial charge in [0.25, 0.3) is 0 Å². The Morgan fingerprint density at radius 1 is 1.12 bits per heavy atom. The number of benzene rings is 1. The van der Waals surface area contributed by atoms with Crippen LogP contribution >= 0.6 is 23.2 Å². The zero-order chi connectivity index (χ0) is 5.98. The molecule has 0 spiro atoms. The molecule has 0 aliphatic heterocycles. The molecule has 0 saturated carbocycles. The Balaban J connectivity index is 3.03. The molecule has 1 rings (SSSR count). The van der Waals surface area contributed by atoms with Gasteiger partial charge in [0.1, 0.15) is 0 Å². The molecule has 0 unspecified atom stereocenters. The van der Waals surface area contributed by atoms with Gasteiger partial charge in [-0.15, -0.1) is 0 Å². The van der Waals surface area contributed by atoms with Crippen LogP contribution in [0.1, 0.15) is 0 Å². The van der Waals surface area contributed by atoms with Crippen molar-refractivity contribution in [1.29, 1.82) is 0 Å². The average Bonchev–Trinajstić information content (AvgIpc) is 1.77. The molecule has 0 nitrogen and oxygen atoms in total. The zero-order valence-electron chi connectivity index (χ0n) is 3.91. The van der Waals surface area contributed by atoms with Gasteiger partial charge in [-0.1, -0.05) is 23.2 Å². The van der Waals surface area contributed by atoms with E-state index in [2.05, 4.69) is 12.1 Å². The number of hydrogen-bond donors (Lipinski definition) is 0. The lowest BCUT2D eigenvalue weighted by Gasteiger charge is -1.84. The molecular formula is C6H2Cl2. The Morgan fingerprint density at radius 2 is 1.62 bits per heavy atom. The smallest absolute Gasteiger partial charge is 0.0564 e. The van der Waals surface area contributed by atoms with Crippen molar-refractivity contribution in [2.45, 2.75) is 0 Å². The first-order valence-corrected chi connectivity index (χ1v) is 2.79. The molecule has 0 aromatic heterocycles. The van der Waals surface area contributed by atoms with Crippen molar-refractivity contribution in [3.63, 3.8) is 0 Å². The fraction of sp³-hybridized carbons (Fsp3) is 0. The molecule has 0 heterocycles. The Morgan fingerprint density at radius 3 is 2.00 bits per heavy atom. The van der Waals surface area contributed by atoms with Crippen LogP contribution in [-0.4, -0.2) is 0 Å². The first kappa shape index (κ1) is 5.93. The third-order valence-corrected chi connectivity index (χ3v) is 1.11. The summed E-state index contributed by atoms with van der Waals surface area (Å²) in [6.07, 6.45) is 0. The van der Waals surface area contributed by atoms with Gasteiger partial charge in [0.2, 0.25) is 0 Å². The summed E-state index contributed by atoms with van der Waals surface area (Å²) in [5.74, 6) is 0. The molecule has 0 aliphatic rings. The zero-order valence-corrected chi connectivity index (χ0v) is 5.42. The molecule has 8 heavy (non-hydrogen) atoms. The van der Waals surface area contributed by atoms with Crippen LogP contribution in [0.5, 0.6) is 0 Å². The van der Waals surface area contributed by atoms with Gasteiger partial charge in [-0.25, -0.2) is 0 Å². The molecule has 40 valence electrons. The lowest BCUT2D eigenvalue weighted by Crippen LogP contribution is -1.62. The highest BCUT2D eigenvalue weighted by Crippen LogP contribution is 2.10. The molecule has 1 aromatic carbocycles. The van der Waals surface area contributed by atoms with Crippen LogP contribution in [0.4, 0.5) is 0 Å². The maximum atomic E-state index is 5.49. The minimum atomic E-state index is 0.467. The molecule has 0 N–H and O–H groups in total. The second-order valence-corrected chi connectivity index (χ2v) is 2.09. The maximum Gasteiger partial charge on any atom is 0.0564 e. The monoisotopic (exact) mass is 144 g/mol. The summed E-state index contributed by atoms with van der Waals surface area (Å²) in [6, 6.07) is 8.55. The van der Waals surface area contributed by atoms with Gasteiger partial charge in [0.15, 0.2) is 0 Å². The predicted octanol–water partition coefficient (Wildman–Crippen LogP) is 2.59. The highest BCUT2D eigenvalue weighted by atomic mass is 35.5. The van der Waals surface area contributed by atoms with Gasteiger partial charge in [0, 0.05) is 17.2 Å². The molecule has 0 amide bonds. The first-order valence-electron chi connectivity index (χ1n) is 2.03. The van der Waals surface area contributed by atoms with Crippen molar-refractivity contribution >= 4 is 23.2 Å². The second kappa shape index (κ2) is 2.38. The molecule has 0 atom stereocenters. The minimum absolute atomic E-state index is 0.467. The quantitative estimate of drug-likeness (QED) is 0.526. The Hall–Kier alpha value is -0.200. The highest BCUT2D eigenvalue weighted by molar-refractivity contribution is 6.32. The van der Waals surface area contributed by atoms with Crippen molar-refractivity contribution in [2.75, 3.05) is 0 Å². The van der Waals surface area contributed by atoms with Crippen LogP contribution in [0.3, 0.4) is 0 Å². The molecule has 2 heteroatoms. The van der Waals surface area contributed by atoms with E-state index in [0.29, 0.717) is 10.0 Å². The molecule has 0 fully saturated rings. The van der Waals surface area contributed by atoms with E-state index in [9.17, 15) is 0 Å². The van der Waals surface area contributed by atoms with E-state index >= 15 is 0 Å². The van der Waals surface area contributed by atoms with Crippen molar-refractivity contribution in [2.24, 2.45) is 0 Å². The lowest BCUT2D eigenvalue weighted by molar-refractivity contribution is 1.67. The van der Waals surface area contributed by atoms with Crippen LogP contribution in [-0.2, 0) is 0 Å². The molecule has 0 saturated heterocycles. The summed E-state index contributed by atoms with van der Waals surface area (Å²) < 4.78 is 0. The van der Waals surface area contributed by atoms with Crippen molar-refractivity contribution < 1.29 is 0 Å². The molecule has 2 radical (unpaired) electrons. The van der Waals surface area contributed by atoms with E-state index in [0.717, 1.165) is 0 Å².